The van der Waals surface area contributed by atoms with Crippen LogP contribution in [0.15, 0.2) is 29.3 Å². The SMILES string of the molecule is CCNC(=NCCOCc1ccccc1OC)NC1CC2CCC1O2.I. The largest absolute Gasteiger partial charge is 0.496 e. The monoisotopic (exact) mass is 475 g/mol. The minimum atomic E-state index is 0. The Morgan fingerprint density at radius 2 is 2.15 bits per heavy atom. The first-order chi connectivity index (χ1) is 12.3. The van der Waals surface area contributed by atoms with Crippen LogP contribution in [0.25, 0.3) is 0 Å². The average molecular weight is 475 g/mol. The molecular formula is C19H30IN3O3. The molecule has 2 bridgehead atoms. The predicted molar refractivity (Wildman–Crippen MR) is 113 cm³/mol. The van der Waals surface area contributed by atoms with Gasteiger partial charge in [0.25, 0.3) is 0 Å². The Hall–Kier alpha value is -1.06. The highest BCUT2D eigenvalue weighted by atomic mass is 127. The van der Waals surface area contributed by atoms with Gasteiger partial charge in [-0.25, -0.2) is 0 Å². The van der Waals surface area contributed by atoms with Crippen molar-refractivity contribution in [2.24, 2.45) is 4.99 Å². The topological polar surface area (TPSA) is 64.1 Å². The number of halogens is 1. The average Bonchev–Trinajstić information content (AvgIpc) is 3.25. The molecule has 2 N–H and O–H groups in total. The Morgan fingerprint density at radius 1 is 1.31 bits per heavy atom. The van der Waals surface area contributed by atoms with Gasteiger partial charge in [-0.15, -0.1) is 24.0 Å². The van der Waals surface area contributed by atoms with Crippen molar-refractivity contribution >= 4 is 29.9 Å². The van der Waals surface area contributed by atoms with Crippen molar-refractivity contribution in [3.05, 3.63) is 29.8 Å². The Balaban J connectivity index is 0.00000243. The summed E-state index contributed by atoms with van der Waals surface area (Å²) in [5.74, 6) is 1.71. The van der Waals surface area contributed by atoms with Crippen LogP contribution >= 0.6 is 24.0 Å². The van der Waals surface area contributed by atoms with Crippen LogP contribution in [0.3, 0.4) is 0 Å². The molecule has 1 aromatic carbocycles. The van der Waals surface area contributed by atoms with Crippen LogP contribution in [0.4, 0.5) is 0 Å². The molecule has 1 aromatic rings. The van der Waals surface area contributed by atoms with Crippen molar-refractivity contribution in [3.63, 3.8) is 0 Å². The van der Waals surface area contributed by atoms with E-state index >= 15 is 0 Å². The lowest BCUT2D eigenvalue weighted by molar-refractivity contribution is 0.0992. The summed E-state index contributed by atoms with van der Waals surface area (Å²) < 4.78 is 17.0. The van der Waals surface area contributed by atoms with E-state index in [0.29, 0.717) is 38.0 Å². The molecule has 2 heterocycles. The van der Waals surface area contributed by atoms with E-state index < -0.39 is 0 Å². The number of benzene rings is 1. The molecule has 2 fully saturated rings. The summed E-state index contributed by atoms with van der Waals surface area (Å²) in [6, 6.07) is 8.29. The number of aliphatic imine (C=N–C) groups is 1. The van der Waals surface area contributed by atoms with Crippen LogP contribution in [0.1, 0.15) is 31.7 Å². The molecule has 3 rings (SSSR count). The molecule has 0 amide bonds. The van der Waals surface area contributed by atoms with Gasteiger partial charge < -0.3 is 24.8 Å². The summed E-state index contributed by atoms with van der Waals surface area (Å²) >= 11 is 0. The number of ether oxygens (including phenoxy) is 3. The molecule has 26 heavy (non-hydrogen) atoms. The van der Waals surface area contributed by atoms with Crippen LogP contribution in [-0.4, -0.2) is 51.0 Å². The standard InChI is InChI=1S/C19H29N3O3.HI/c1-3-20-19(22-16-12-15-8-9-18(16)25-15)21-10-11-24-13-14-6-4-5-7-17(14)23-2;/h4-7,15-16,18H,3,8-13H2,1-2H3,(H2,20,21,22);1H. The number of guanidine groups is 1. The Kier molecular flexibility index (Phi) is 8.94. The van der Waals surface area contributed by atoms with Gasteiger partial charge in [0.1, 0.15) is 5.75 Å². The number of hydrogen-bond acceptors (Lipinski definition) is 4. The first-order valence-corrected chi connectivity index (χ1v) is 9.20. The van der Waals surface area contributed by atoms with Crippen molar-refractivity contribution < 1.29 is 14.2 Å². The molecular weight excluding hydrogens is 445 g/mol. The summed E-state index contributed by atoms with van der Waals surface area (Å²) in [4.78, 5) is 4.62. The number of nitrogens with zero attached hydrogens (tertiary/aromatic N) is 1. The number of rotatable bonds is 8. The van der Waals surface area contributed by atoms with Crippen LogP contribution < -0.4 is 15.4 Å². The van der Waals surface area contributed by atoms with Gasteiger partial charge in [-0.2, -0.15) is 0 Å². The molecule has 0 saturated carbocycles. The fourth-order valence-electron chi connectivity index (χ4n) is 3.51. The lowest BCUT2D eigenvalue weighted by Gasteiger charge is -2.22. The van der Waals surface area contributed by atoms with Gasteiger partial charge in [-0.05, 0) is 32.3 Å². The molecule has 146 valence electrons. The molecule has 0 spiro atoms. The highest BCUT2D eigenvalue weighted by Crippen LogP contribution is 2.34. The first-order valence-electron chi connectivity index (χ1n) is 9.20. The van der Waals surface area contributed by atoms with Crippen LogP contribution in [0.5, 0.6) is 5.75 Å². The summed E-state index contributed by atoms with van der Waals surface area (Å²) in [6.45, 7) is 4.64. The van der Waals surface area contributed by atoms with Crippen molar-refractivity contribution in [3.8, 4) is 5.75 Å². The highest BCUT2D eigenvalue weighted by molar-refractivity contribution is 14.0. The third-order valence-electron chi connectivity index (χ3n) is 4.73. The molecule has 2 saturated heterocycles. The second-order valence-corrected chi connectivity index (χ2v) is 6.49. The molecule has 2 aliphatic rings. The second-order valence-electron chi connectivity index (χ2n) is 6.49. The maximum Gasteiger partial charge on any atom is 0.191 e. The van der Waals surface area contributed by atoms with E-state index in [0.717, 1.165) is 36.7 Å². The molecule has 0 aromatic heterocycles. The van der Waals surface area contributed by atoms with Crippen LogP contribution in [0, 0.1) is 0 Å². The lowest BCUT2D eigenvalue weighted by Crippen LogP contribution is -2.47. The fraction of sp³-hybridized carbons (Fsp3) is 0.632. The highest BCUT2D eigenvalue weighted by Gasteiger charge is 2.41. The molecule has 2 aliphatic heterocycles. The Labute approximate surface area is 173 Å². The van der Waals surface area contributed by atoms with E-state index in [4.69, 9.17) is 14.2 Å². The third-order valence-corrected chi connectivity index (χ3v) is 4.73. The van der Waals surface area contributed by atoms with Crippen molar-refractivity contribution in [2.45, 2.75) is 51.0 Å². The predicted octanol–water partition coefficient (Wildman–Crippen LogP) is 2.70. The van der Waals surface area contributed by atoms with Gasteiger partial charge in [0.2, 0.25) is 0 Å². The summed E-state index contributed by atoms with van der Waals surface area (Å²) in [7, 11) is 1.68. The number of fused-ring (bicyclic) bond motifs is 2. The van der Waals surface area contributed by atoms with Crippen LogP contribution in [0.2, 0.25) is 0 Å². The van der Waals surface area contributed by atoms with E-state index in [-0.39, 0.29) is 24.0 Å². The molecule has 0 radical (unpaired) electrons. The summed E-state index contributed by atoms with van der Waals surface area (Å²) in [5, 5.41) is 6.82. The minimum absolute atomic E-state index is 0. The zero-order chi connectivity index (χ0) is 17.5. The fourth-order valence-corrected chi connectivity index (χ4v) is 3.51. The number of hydrogen-bond donors (Lipinski definition) is 2. The molecule has 7 heteroatoms. The first kappa shape index (κ1) is 21.2. The molecule has 6 nitrogen and oxygen atoms in total. The maximum absolute atomic E-state index is 5.90. The Bertz CT molecular complexity index is 585. The number of nitrogens with one attached hydrogen (secondary N) is 2. The summed E-state index contributed by atoms with van der Waals surface area (Å²) in [6.07, 6.45) is 4.22. The smallest absolute Gasteiger partial charge is 0.191 e. The van der Waals surface area contributed by atoms with E-state index in [1.54, 1.807) is 7.11 Å². The van der Waals surface area contributed by atoms with Gasteiger partial charge in [-0.1, -0.05) is 18.2 Å². The Morgan fingerprint density at radius 3 is 2.85 bits per heavy atom. The molecule has 0 aliphatic carbocycles. The lowest BCUT2D eigenvalue weighted by atomic mass is 9.96. The van der Waals surface area contributed by atoms with Crippen molar-refractivity contribution in [1.29, 1.82) is 0 Å². The van der Waals surface area contributed by atoms with Gasteiger partial charge >= 0.3 is 0 Å². The molecule has 3 unspecified atom stereocenters. The maximum atomic E-state index is 5.90. The van der Waals surface area contributed by atoms with E-state index in [1.165, 1.54) is 6.42 Å². The normalized spacial score (nSPS) is 24.2. The van der Waals surface area contributed by atoms with Crippen LogP contribution in [-0.2, 0) is 16.1 Å². The van der Waals surface area contributed by atoms with Crippen molar-refractivity contribution in [1.82, 2.24) is 10.6 Å². The van der Waals surface area contributed by atoms with Gasteiger partial charge in [0.15, 0.2) is 5.96 Å². The number of methoxy groups -OCH3 is 1. The van der Waals surface area contributed by atoms with E-state index in [2.05, 4.69) is 22.5 Å². The minimum Gasteiger partial charge on any atom is -0.496 e. The van der Waals surface area contributed by atoms with Gasteiger partial charge in [0.05, 0.1) is 45.1 Å². The summed E-state index contributed by atoms with van der Waals surface area (Å²) in [5.41, 5.74) is 1.05. The van der Waals surface area contributed by atoms with Crippen molar-refractivity contribution in [2.75, 3.05) is 26.8 Å². The zero-order valence-electron chi connectivity index (χ0n) is 15.6. The number of para-hydroxylation sites is 1. The quantitative estimate of drug-likeness (QED) is 0.262. The van der Waals surface area contributed by atoms with Gasteiger partial charge in [0, 0.05) is 12.1 Å². The van der Waals surface area contributed by atoms with E-state index in [1.807, 2.05) is 24.3 Å². The second kappa shape index (κ2) is 10.9. The molecule has 3 atom stereocenters. The van der Waals surface area contributed by atoms with Gasteiger partial charge in [-0.3, -0.25) is 4.99 Å². The van der Waals surface area contributed by atoms with E-state index in [9.17, 15) is 0 Å². The third kappa shape index (κ3) is 5.72. The zero-order valence-corrected chi connectivity index (χ0v) is 17.9.